The van der Waals surface area contributed by atoms with Crippen molar-refractivity contribution in [3.05, 3.63) is 54.0 Å². The summed E-state index contributed by atoms with van der Waals surface area (Å²) in [7, 11) is 0. The number of nitrogens with zero attached hydrogens (tertiary/aromatic N) is 1. The predicted octanol–water partition coefficient (Wildman–Crippen LogP) is 2.74. The molecular weight excluding hydrogens is 316 g/mol. The number of nitrogens with one attached hydrogen (secondary N) is 1. The first-order chi connectivity index (χ1) is 12.2. The number of carbonyl (C=O) groups is 1. The number of benzene rings is 1. The minimum Gasteiger partial charge on any atom is -0.469 e. The maximum atomic E-state index is 11.9. The van der Waals surface area contributed by atoms with E-state index in [0.29, 0.717) is 31.9 Å². The van der Waals surface area contributed by atoms with Crippen molar-refractivity contribution in [2.75, 3.05) is 24.6 Å². The second kappa shape index (κ2) is 8.72. The van der Waals surface area contributed by atoms with Gasteiger partial charge in [-0.2, -0.15) is 0 Å². The molecule has 1 aliphatic heterocycles. The van der Waals surface area contributed by atoms with Crippen LogP contribution >= 0.6 is 0 Å². The molecule has 0 bridgehead atoms. The lowest BCUT2D eigenvalue weighted by Gasteiger charge is -2.33. The molecule has 1 amide bonds. The maximum absolute atomic E-state index is 11.9. The molecule has 0 radical (unpaired) electrons. The van der Waals surface area contributed by atoms with E-state index in [9.17, 15) is 9.90 Å². The van der Waals surface area contributed by atoms with E-state index in [1.807, 2.05) is 12.1 Å². The minimum atomic E-state index is 0.0338. The Labute approximate surface area is 148 Å². The summed E-state index contributed by atoms with van der Waals surface area (Å²) >= 11 is 0. The predicted molar refractivity (Wildman–Crippen MR) is 97.3 cm³/mol. The zero-order chi connectivity index (χ0) is 17.5. The second-order valence-electron chi connectivity index (χ2n) is 6.64. The monoisotopic (exact) mass is 342 g/mol. The van der Waals surface area contributed by atoms with Gasteiger partial charge in [0.25, 0.3) is 0 Å². The van der Waals surface area contributed by atoms with Crippen LogP contribution in [0.2, 0.25) is 0 Å². The fraction of sp³-hybridized carbons (Fsp3) is 0.450. The van der Waals surface area contributed by atoms with Crippen LogP contribution in [-0.2, 0) is 17.8 Å². The summed E-state index contributed by atoms with van der Waals surface area (Å²) in [6.07, 6.45) is 4.78. The SMILES string of the molecule is O=C(CCc1ccco1)NCc1ccc(N2CCC(CO)CC2)cc1. The highest BCUT2D eigenvalue weighted by Crippen LogP contribution is 2.23. The number of aryl methyl sites for hydroxylation is 1. The normalized spacial score (nSPS) is 15.3. The van der Waals surface area contributed by atoms with Crippen LogP contribution < -0.4 is 10.2 Å². The summed E-state index contributed by atoms with van der Waals surface area (Å²) in [4.78, 5) is 14.3. The second-order valence-corrected chi connectivity index (χ2v) is 6.64. The zero-order valence-corrected chi connectivity index (χ0v) is 14.5. The molecule has 5 heteroatoms. The first kappa shape index (κ1) is 17.5. The highest BCUT2D eigenvalue weighted by Gasteiger charge is 2.18. The summed E-state index contributed by atoms with van der Waals surface area (Å²) in [5.41, 5.74) is 2.31. The third-order valence-electron chi connectivity index (χ3n) is 4.84. The van der Waals surface area contributed by atoms with E-state index in [1.165, 1.54) is 5.69 Å². The molecule has 2 aromatic rings. The Morgan fingerprint density at radius 3 is 2.60 bits per heavy atom. The van der Waals surface area contributed by atoms with Crippen molar-refractivity contribution >= 4 is 11.6 Å². The molecular formula is C20H26N2O3. The molecule has 0 atom stereocenters. The van der Waals surface area contributed by atoms with E-state index in [0.717, 1.165) is 37.3 Å². The van der Waals surface area contributed by atoms with Crippen molar-refractivity contribution < 1.29 is 14.3 Å². The van der Waals surface area contributed by atoms with Crippen LogP contribution in [0.4, 0.5) is 5.69 Å². The van der Waals surface area contributed by atoms with Gasteiger partial charge in [0.05, 0.1) is 6.26 Å². The zero-order valence-electron chi connectivity index (χ0n) is 14.5. The molecule has 0 spiro atoms. The van der Waals surface area contributed by atoms with Crippen molar-refractivity contribution in [1.29, 1.82) is 0 Å². The number of hydrogen-bond donors (Lipinski definition) is 2. The summed E-state index contributed by atoms with van der Waals surface area (Å²) in [5, 5.41) is 12.2. The molecule has 2 heterocycles. The first-order valence-electron chi connectivity index (χ1n) is 8.98. The molecule has 2 N–H and O–H groups in total. The molecule has 1 aliphatic rings. The van der Waals surface area contributed by atoms with E-state index in [-0.39, 0.29) is 5.91 Å². The van der Waals surface area contributed by atoms with Gasteiger partial charge in [-0.05, 0) is 48.6 Å². The number of carbonyl (C=O) groups excluding carboxylic acids is 1. The largest absolute Gasteiger partial charge is 0.469 e. The molecule has 1 fully saturated rings. The Kier molecular flexibility index (Phi) is 6.12. The van der Waals surface area contributed by atoms with E-state index < -0.39 is 0 Å². The number of aliphatic hydroxyl groups is 1. The molecule has 0 saturated carbocycles. The van der Waals surface area contributed by atoms with Crippen molar-refractivity contribution in [2.24, 2.45) is 5.92 Å². The Balaban J connectivity index is 1.42. The molecule has 25 heavy (non-hydrogen) atoms. The summed E-state index contributed by atoms with van der Waals surface area (Å²) in [6, 6.07) is 12.1. The van der Waals surface area contributed by atoms with Gasteiger partial charge in [0.2, 0.25) is 5.91 Å². The van der Waals surface area contributed by atoms with Gasteiger partial charge in [0.1, 0.15) is 5.76 Å². The fourth-order valence-corrected chi connectivity index (χ4v) is 3.18. The van der Waals surface area contributed by atoms with Gasteiger partial charge < -0.3 is 19.7 Å². The number of piperidine rings is 1. The van der Waals surface area contributed by atoms with Gasteiger partial charge in [-0.1, -0.05) is 12.1 Å². The molecule has 134 valence electrons. The number of aliphatic hydroxyl groups excluding tert-OH is 1. The number of furan rings is 1. The fourth-order valence-electron chi connectivity index (χ4n) is 3.18. The van der Waals surface area contributed by atoms with Crippen LogP contribution in [0.15, 0.2) is 47.1 Å². The van der Waals surface area contributed by atoms with Gasteiger partial charge in [0, 0.05) is 44.8 Å². The smallest absolute Gasteiger partial charge is 0.220 e. The molecule has 0 unspecified atom stereocenters. The number of amides is 1. The van der Waals surface area contributed by atoms with E-state index in [2.05, 4.69) is 34.5 Å². The summed E-state index contributed by atoms with van der Waals surface area (Å²) in [5.74, 6) is 1.32. The average Bonchev–Trinajstić information content (AvgIpc) is 3.19. The van der Waals surface area contributed by atoms with Crippen molar-refractivity contribution in [2.45, 2.75) is 32.2 Å². The van der Waals surface area contributed by atoms with Gasteiger partial charge >= 0.3 is 0 Å². The van der Waals surface area contributed by atoms with Crippen LogP contribution in [0.3, 0.4) is 0 Å². The summed E-state index contributed by atoms with van der Waals surface area (Å²) in [6.45, 7) is 2.83. The molecule has 1 aromatic carbocycles. The quantitative estimate of drug-likeness (QED) is 0.812. The van der Waals surface area contributed by atoms with Crippen molar-refractivity contribution in [3.8, 4) is 0 Å². The topological polar surface area (TPSA) is 65.7 Å². The lowest BCUT2D eigenvalue weighted by Crippen LogP contribution is -2.34. The van der Waals surface area contributed by atoms with E-state index in [1.54, 1.807) is 6.26 Å². The van der Waals surface area contributed by atoms with Gasteiger partial charge in [-0.3, -0.25) is 4.79 Å². The van der Waals surface area contributed by atoms with Gasteiger partial charge in [-0.15, -0.1) is 0 Å². The Morgan fingerprint density at radius 1 is 1.20 bits per heavy atom. The van der Waals surface area contributed by atoms with Crippen molar-refractivity contribution in [1.82, 2.24) is 5.32 Å². The van der Waals surface area contributed by atoms with Crippen molar-refractivity contribution in [3.63, 3.8) is 0 Å². The maximum Gasteiger partial charge on any atom is 0.220 e. The number of hydrogen-bond acceptors (Lipinski definition) is 4. The van der Waals surface area contributed by atoms with Crippen LogP contribution in [0, 0.1) is 5.92 Å². The third-order valence-corrected chi connectivity index (χ3v) is 4.84. The van der Waals surface area contributed by atoms with Crippen LogP contribution in [0.1, 0.15) is 30.6 Å². The molecule has 3 rings (SSSR count). The van der Waals surface area contributed by atoms with Gasteiger partial charge in [0.15, 0.2) is 0 Å². The van der Waals surface area contributed by atoms with E-state index in [4.69, 9.17) is 4.42 Å². The highest BCUT2D eigenvalue weighted by atomic mass is 16.3. The Morgan fingerprint density at radius 2 is 1.96 bits per heavy atom. The molecule has 5 nitrogen and oxygen atoms in total. The lowest BCUT2D eigenvalue weighted by molar-refractivity contribution is -0.121. The van der Waals surface area contributed by atoms with Crippen LogP contribution in [-0.4, -0.2) is 30.7 Å². The molecule has 1 saturated heterocycles. The van der Waals surface area contributed by atoms with Crippen LogP contribution in [0.25, 0.3) is 0 Å². The number of rotatable bonds is 7. The van der Waals surface area contributed by atoms with Gasteiger partial charge in [-0.25, -0.2) is 0 Å². The standard InChI is InChI=1S/C20H26N2O3/c23-15-17-9-11-22(12-10-17)18-5-3-16(4-6-18)14-21-20(24)8-7-19-2-1-13-25-19/h1-6,13,17,23H,7-12,14-15H2,(H,21,24). The van der Waals surface area contributed by atoms with Crippen LogP contribution in [0.5, 0.6) is 0 Å². The average molecular weight is 342 g/mol. The lowest BCUT2D eigenvalue weighted by atomic mass is 9.97. The third kappa shape index (κ3) is 5.10. The highest BCUT2D eigenvalue weighted by molar-refractivity contribution is 5.76. The Bertz CT molecular complexity index is 644. The molecule has 0 aliphatic carbocycles. The summed E-state index contributed by atoms with van der Waals surface area (Å²) < 4.78 is 5.23. The number of anilines is 1. The Hall–Kier alpha value is -2.27. The first-order valence-corrected chi connectivity index (χ1v) is 8.98. The molecule has 1 aromatic heterocycles. The minimum absolute atomic E-state index is 0.0338. The van der Waals surface area contributed by atoms with E-state index >= 15 is 0 Å².